The molecule has 0 aromatic heterocycles. The Morgan fingerprint density at radius 2 is 1.63 bits per heavy atom. The van der Waals surface area contributed by atoms with E-state index in [-0.39, 0.29) is 10.8 Å². The minimum Gasteiger partial charge on any atom is -0.481 e. The number of aryl methyl sites for hydroxylation is 1. The first-order valence-electron chi connectivity index (χ1n) is 9.15. The molecule has 0 fully saturated rings. The van der Waals surface area contributed by atoms with Crippen molar-refractivity contribution in [3.05, 3.63) is 83.4 Å². The van der Waals surface area contributed by atoms with Crippen LogP contribution in [0, 0.1) is 6.92 Å². The fourth-order valence-electron chi connectivity index (χ4n) is 2.60. The number of sulfonamides is 1. The van der Waals surface area contributed by atoms with Gasteiger partial charge in [-0.25, -0.2) is 8.42 Å². The minimum atomic E-state index is -3.78. The first kappa shape index (κ1) is 21.7. The molecule has 0 bridgehead atoms. The molecule has 0 saturated carbocycles. The predicted molar refractivity (Wildman–Crippen MR) is 119 cm³/mol. The van der Waals surface area contributed by atoms with E-state index >= 15 is 0 Å². The van der Waals surface area contributed by atoms with Gasteiger partial charge in [0.05, 0.1) is 10.6 Å². The van der Waals surface area contributed by atoms with Crippen molar-refractivity contribution < 1.29 is 17.9 Å². The van der Waals surface area contributed by atoms with Crippen molar-refractivity contribution in [3.8, 4) is 5.75 Å². The highest BCUT2D eigenvalue weighted by atomic mass is 35.5. The number of ether oxygens (including phenoxy) is 1. The number of nitrogens with one attached hydrogen (secondary N) is 2. The molecular weight excluding hydrogens is 424 g/mol. The fourth-order valence-corrected chi connectivity index (χ4v) is 3.84. The van der Waals surface area contributed by atoms with Crippen molar-refractivity contribution in [3.63, 3.8) is 0 Å². The summed E-state index contributed by atoms with van der Waals surface area (Å²) >= 11 is 5.89. The molecule has 0 unspecified atom stereocenters. The molecule has 6 nitrogen and oxygen atoms in total. The van der Waals surface area contributed by atoms with Crippen LogP contribution in [0.5, 0.6) is 5.75 Å². The minimum absolute atomic E-state index is 0.0597. The predicted octanol–water partition coefficient (Wildman–Crippen LogP) is 4.86. The van der Waals surface area contributed by atoms with E-state index in [2.05, 4.69) is 10.0 Å². The number of hydrogen-bond donors (Lipinski definition) is 2. The second kappa shape index (κ2) is 9.19. The normalized spacial score (nSPS) is 12.1. The molecule has 0 saturated heterocycles. The molecular formula is C22H21ClN2O4S. The summed E-state index contributed by atoms with van der Waals surface area (Å²) in [6, 6.07) is 19.7. The van der Waals surface area contributed by atoms with Gasteiger partial charge >= 0.3 is 0 Å². The number of halogens is 1. The lowest BCUT2D eigenvalue weighted by Crippen LogP contribution is -2.30. The van der Waals surface area contributed by atoms with Gasteiger partial charge in [-0.1, -0.05) is 35.4 Å². The van der Waals surface area contributed by atoms with E-state index in [9.17, 15) is 13.2 Å². The number of hydrogen-bond acceptors (Lipinski definition) is 4. The van der Waals surface area contributed by atoms with Crippen LogP contribution in [0.3, 0.4) is 0 Å². The number of carbonyl (C=O) groups is 1. The second-order valence-corrected chi connectivity index (χ2v) is 8.82. The summed E-state index contributed by atoms with van der Waals surface area (Å²) in [6.07, 6.45) is -0.722. The number of amides is 1. The van der Waals surface area contributed by atoms with Gasteiger partial charge in [0, 0.05) is 10.7 Å². The van der Waals surface area contributed by atoms with Gasteiger partial charge in [0.1, 0.15) is 5.75 Å². The molecule has 1 atom stereocenters. The van der Waals surface area contributed by atoms with Crippen LogP contribution in [-0.2, 0) is 14.8 Å². The molecule has 0 spiro atoms. The molecule has 0 aliphatic rings. The lowest BCUT2D eigenvalue weighted by molar-refractivity contribution is -0.122. The van der Waals surface area contributed by atoms with Crippen LogP contribution in [0.15, 0.2) is 77.7 Å². The number of rotatable bonds is 7. The average Bonchev–Trinajstić information content (AvgIpc) is 2.70. The van der Waals surface area contributed by atoms with Gasteiger partial charge in [-0.3, -0.25) is 9.52 Å². The highest BCUT2D eigenvalue weighted by Gasteiger charge is 2.17. The summed E-state index contributed by atoms with van der Waals surface area (Å²) < 4.78 is 33.1. The van der Waals surface area contributed by atoms with Crippen molar-refractivity contribution in [2.24, 2.45) is 0 Å². The largest absolute Gasteiger partial charge is 0.481 e. The van der Waals surface area contributed by atoms with Crippen molar-refractivity contribution in [2.45, 2.75) is 24.8 Å². The first-order valence-corrected chi connectivity index (χ1v) is 11.0. The quantitative estimate of drug-likeness (QED) is 0.545. The fraction of sp³-hybridized carbons (Fsp3) is 0.136. The van der Waals surface area contributed by atoms with E-state index in [1.165, 1.54) is 30.3 Å². The standard InChI is InChI=1S/C22H21ClN2O4S/c1-15-6-10-20(11-7-15)29-16(2)22(26)24-18-8-12-21(13-9-18)30(27,28)25-19-5-3-4-17(23)14-19/h3-14,16,25H,1-2H3,(H,24,26)/t16-/m1/s1. The summed E-state index contributed by atoms with van der Waals surface area (Å²) in [7, 11) is -3.78. The molecule has 0 heterocycles. The Balaban J connectivity index is 1.63. The van der Waals surface area contributed by atoms with Gasteiger partial charge < -0.3 is 10.1 Å². The van der Waals surface area contributed by atoms with Crippen LogP contribution in [0.25, 0.3) is 0 Å². The monoisotopic (exact) mass is 444 g/mol. The van der Waals surface area contributed by atoms with E-state index in [1.54, 1.807) is 37.3 Å². The highest BCUT2D eigenvalue weighted by Crippen LogP contribution is 2.21. The molecule has 30 heavy (non-hydrogen) atoms. The Morgan fingerprint density at radius 1 is 0.967 bits per heavy atom. The Kier molecular flexibility index (Phi) is 6.64. The summed E-state index contributed by atoms with van der Waals surface area (Å²) in [5.74, 6) is 0.250. The number of anilines is 2. The van der Waals surface area contributed by atoms with Crippen LogP contribution < -0.4 is 14.8 Å². The Labute approximate surface area is 180 Å². The van der Waals surface area contributed by atoms with E-state index < -0.39 is 16.1 Å². The maximum atomic E-state index is 12.5. The van der Waals surface area contributed by atoms with E-state index in [4.69, 9.17) is 16.3 Å². The smallest absolute Gasteiger partial charge is 0.265 e. The third-order valence-corrected chi connectivity index (χ3v) is 5.84. The van der Waals surface area contributed by atoms with Gasteiger partial charge in [0.2, 0.25) is 0 Å². The molecule has 0 aliphatic carbocycles. The van der Waals surface area contributed by atoms with Crippen molar-refractivity contribution in [2.75, 3.05) is 10.0 Å². The topological polar surface area (TPSA) is 84.5 Å². The van der Waals surface area contributed by atoms with Crippen molar-refractivity contribution >= 4 is 38.9 Å². The third-order valence-electron chi connectivity index (χ3n) is 4.21. The maximum Gasteiger partial charge on any atom is 0.265 e. The van der Waals surface area contributed by atoms with Crippen molar-refractivity contribution in [1.29, 1.82) is 0 Å². The first-order chi connectivity index (χ1) is 14.2. The molecule has 1 amide bonds. The van der Waals surface area contributed by atoms with E-state index in [1.807, 2.05) is 19.1 Å². The molecule has 8 heteroatoms. The Morgan fingerprint density at radius 3 is 2.27 bits per heavy atom. The SMILES string of the molecule is Cc1ccc(O[C@H](C)C(=O)Nc2ccc(S(=O)(=O)Nc3cccc(Cl)c3)cc2)cc1. The Bertz CT molecular complexity index is 1130. The Hall–Kier alpha value is -3.03. The summed E-state index contributed by atoms with van der Waals surface area (Å²) in [5, 5.41) is 3.14. The number of benzene rings is 3. The van der Waals surface area contributed by atoms with Gasteiger partial charge in [-0.05, 0) is 68.4 Å². The third kappa shape index (κ3) is 5.75. The van der Waals surface area contributed by atoms with Crippen LogP contribution >= 0.6 is 11.6 Å². The van der Waals surface area contributed by atoms with Gasteiger partial charge in [-0.2, -0.15) is 0 Å². The molecule has 0 radical (unpaired) electrons. The van der Waals surface area contributed by atoms with Gasteiger partial charge in [-0.15, -0.1) is 0 Å². The van der Waals surface area contributed by atoms with Crippen LogP contribution in [0.1, 0.15) is 12.5 Å². The molecule has 156 valence electrons. The zero-order valence-electron chi connectivity index (χ0n) is 16.4. The van der Waals surface area contributed by atoms with Crippen molar-refractivity contribution in [1.82, 2.24) is 0 Å². The van der Waals surface area contributed by atoms with Crippen LogP contribution in [-0.4, -0.2) is 20.4 Å². The average molecular weight is 445 g/mol. The zero-order valence-corrected chi connectivity index (χ0v) is 18.0. The molecule has 2 N–H and O–H groups in total. The zero-order chi connectivity index (χ0) is 21.7. The van der Waals surface area contributed by atoms with Crippen LogP contribution in [0.4, 0.5) is 11.4 Å². The lowest BCUT2D eigenvalue weighted by atomic mass is 10.2. The van der Waals surface area contributed by atoms with E-state index in [0.29, 0.717) is 22.1 Å². The second-order valence-electron chi connectivity index (χ2n) is 6.70. The number of carbonyl (C=O) groups excluding carboxylic acids is 1. The van der Waals surface area contributed by atoms with Gasteiger partial charge in [0.15, 0.2) is 6.10 Å². The molecule has 3 aromatic rings. The highest BCUT2D eigenvalue weighted by molar-refractivity contribution is 7.92. The lowest BCUT2D eigenvalue weighted by Gasteiger charge is -2.15. The summed E-state index contributed by atoms with van der Waals surface area (Å²) in [5.41, 5.74) is 1.92. The van der Waals surface area contributed by atoms with Crippen LogP contribution in [0.2, 0.25) is 5.02 Å². The summed E-state index contributed by atoms with van der Waals surface area (Å²) in [6.45, 7) is 3.61. The molecule has 0 aliphatic heterocycles. The van der Waals surface area contributed by atoms with Gasteiger partial charge in [0.25, 0.3) is 15.9 Å². The molecule has 3 aromatic carbocycles. The maximum absolute atomic E-state index is 12.5. The molecule has 3 rings (SSSR count). The summed E-state index contributed by atoms with van der Waals surface area (Å²) in [4.78, 5) is 12.4. The van der Waals surface area contributed by atoms with E-state index in [0.717, 1.165) is 5.56 Å².